The standard InChI is InChI=1S/C22H33N5O3S.HI/c1-18-8-10-19(11-9-18)31(28,29)26-13-12-24-22(23-2)25-17-20(21-7-6-16-30-21)27-14-4-3-5-15-27;/h6-11,16,20,26H,3-5,12-15,17H2,1-2H3,(H2,23,24,25);1H. The third-order valence-corrected chi connectivity index (χ3v) is 6.91. The molecule has 3 N–H and O–H groups in total. The lowest BCUT2D eigenvalue weighted by Gasteiger charge is -2.33. The second-order valence-corrected chi connectivity index (χ2v) is 9.49. The number of aliphatic imine (C=N–C) groups is 1. The van der Waals surface area contributed by atoms with Gasteiger partial charge in [-0.25, -0.2) is 13.1 Å². The van der Waals surface area contributed by atoms with Gasteiger partial charge in [-0.1, -0.05) is 24.1 Å². The van der Waals surface area contributed by atoms with Crippen molar-refractivity contribution in [3.63, 3.8) is 0 Å². The second kappa shape index (κ2) is 13.2. The summed E-state index contributed by atoms with van der Waals surface area (Å²) in [7, 11) is -1.82. The van der Waals surface area contributed by atoms with Gasteiger partial charge < -0.3 is 15.1 Å². The van der Waals surface area contributed by atoms with Crippen LogP contribution >= 0.6 is 24.0 Å². The first kappa shape index (κ1) is 26.6. The molecular formula is C22H34IN5O3S. The number of rotatable bonds is 9. The van der Waals surface area contributed by atoms with E-state index in [4.69, 9.17) is 4.42 Å². The van der Waals surface area contributed by atoms with Gasteiger partial charge in [0.05, 0.1) is 17.2 Å². The Morgan fingerprint density at radius 3 is 2.44 bits per heavy atom. The third kappa shape index (κ3) is 7.75. The van der Waals surface area contributed by atoms with Crippen molar-refractivity contribution in [3.8, 4) is 0 Å². The summed E-state index contributed by atoms with van der Waals surface area (Å²) in [6, 6.07) is 10.9. The molecule has 32 heavy (non-hydrogen) atoms. The number of nitrogens with one attached hydrogen (secondary N) is 3. The molecule has 1 unspecified atom stereocenters. The highest BCUT2D eigenvalue weighted by Gasteiger charge is 2.24. The van der Waals surface area contributed by atoms with E-state index >= 15 is 0 Å². The molecule has 1 atom stereocenters. The zero-order valence-electron chi connectivity index (χ0n) is 18.7. The first-order valence-corrected chi connectivity index (χ1v) is 12.3. The van der Waals surface area contributed by atoms with Crippen molar-refractivity contribution in [2.45, 2.75) is 37.1 Å². The van der Waals surface area contributed by atoms with E-state index in [1.54, 1.807) is 37.6 Å². The monoisotopic (exact) mass is 575 g/mol. The molecule has 2 aromatic rings. The summed E-state index contributed by atoms with van der Waals surface area (Å²) in [6.07, 6.45) is 5.38. The largest absolute Gasteiger partial charge is 0.468 e. The van der Waals surface area contributed by atoms with Crippen LogP contribution in [0, 0.1) is 6.92 Å². The van der Waals surface area contributed by atoms with Gasteiger partial charge in [0.2, 0.25) is 10.0 Å². The van der Waals surface area contributed by atoms with Crippen LogP contribution in [0.1, 0.15) is 36.6 Å². The highest BCUT2D eigenvalue weighted by atomic mass is 127. The predicted octanol–water partition coefficient (Wildman–Crippen LogP) is 2.88. The molecule has 1 saturated heterocycles. The van der Waals surface area contributed by atoms with Crippen LogP contribution in [0.2, 0.25) is 0 Å². The van der Waals surface area contributed by atoms with Crippen LogP contribution in [-0.4, -0.2) is 59.0 Å². The Labute approximate surface area is 208 Å². The van der Waals surface area contributed by atoms with E-state index in [1.807, 2.05) is 19.1 Å². The first-order valence-electron chi connectivity index (χ1n) is 10.8. The van der Waals surface area contributed by atoms with Crippen molar-refractivity contribution in [2.75, 3.05) is 39.8 Å². The summed E-state index contributed by atoms with van der Waals surface area (Å²) in [6.45, 7) is 5.36. The molecule has 0 saturated carbocycles. The van der Waals surface area contributed by atoms with Gasteiger partial charge in [-0.3, -0.25) is 9.89 Å². The molecule has 10 heteroatoms. The van der Waals surface area contributed by atoms with Crippen LogP contribution in [-0.2, 0) is 10.0 Å². The molecule has 1 fully saturated rings. The van der Waals surface area contributed by atoms with Crippen molar-refractivity contribution in [1.29, 1.82) is 0 Å². The Kier molecular flexibility index (Phi) is 11.0. The first-order chi connectivity index (χ1) is 15.0. The second-order valence-electron chi connectivity index (χ2n) is 7.72. The van der Waals surface area contributed by atoms with E-state index in [1.165, 1.54) is 19.3 Å². The predicted molar refractivity (Wildman–Crippen MR) is 138 cm³/mol. The molecule has 0 aliphatic carbocycles. The number of aryl methyl sites for hydroxylation is 1. The van der Waals surface area contributed by atoms with Crippen molar-refractivity contribution < 1.29 is 12.8 Å². The Balaban J connectivity index is 0.00000363. The van der Waals surface area contributed by atoms with Gasteiger partial charge in [-0.05, 0) is 57.1 Å². The number of benzene rings is 1. The summed E-state index contributed by atoms with van der Waals surface area (Å²) < 4.78 is 33.1. The minimum Gasteiger partial charge on any atom is -0.468 e. The van der Waals surface area contributed by atoms with E-state index < -0.39 is 10.0 Å². The van der Waals surface area contributed by atoms with E-state index in [2.05, 4.69) is 25.2 Å². The van der Waals surface area contributed by atoms with Crippen molar-refractivity contribution in [2.24, 2.45) is 4.99 Å². The molecular weight excluding hydrogens is 541 g/mol. The van der Waals surface area contributed by atoms with Crippen molar-refractivity contribution in [3.05, 3.63) is 54.0 Å². The van der Waals surface area contributed by atoms with Gasteiger partial charge in [0, 0.05) is 26.7 Å². The summed E-state index contributed by atoms with van der Waals surface area (Å²) >= 11 is 0. The average molecular weight is 576 g/mol. The lowest BCUT2D eigenvalue weighted by Crippen LogP contribution is -2.45. The number of hydrogen-bond donors (Lipinski definition) is 3. The fourth-order valence-corrected chi connectivity index (χ4v) is 4.73. The molecule has 0 bridgehead atoms. The Bertz CT molecular complexity index is 927. The molecule has 2 heterocycles. The van der Waals surface area contributed by atoms with Crippen LogP contribution in [0.3, 0.4) is 0 Å². The Morgan fingerprint density at radius 2 is 1.81 bits per heavy atom. The zero-order chi connectivity index (χ0) is 22.1. The maximum atomic E-state index is 12.4. The lowest BCUT2D eigenvalue weighted by atomic mass is 10.1. The molecule has 178 valence electrons. The fourth-order valence-electron chi connectivity index (χ4n) is 3.70. The van der Waals surface area contributed by atoms with Gasteiger partial charge in [0.1, 0.15) is 5.76 Å². The fraction of sp³-hybridized carbons (Fsp3) is 0.500. The number of furan rings is 1. The SMILES string of the molecule is CN=C(NCCNS(=O)(=O)c1ccc(C)cc1)NCC(c1ccco1)N1CCCCC1.I. The van der Waals surface area contributed by atoms with E-state index in [0.29, 0.717) is 19.0 Å². The molecule has 1 aromatic carbocycles. The molecule has 8 nitrogen and oxygen atoms in total. The van der Waals surface area contributed by atoms with Gasteiger partial charge >= 0.3 is 0 Å². The number of guanidine groups is 1. The molecule has 1 aromatic heterocycles. The van der Waals surface area contributed by atoms with Crippen LogP contribution in [0.4, 0.5) is 0 Å². The highest BCUT2D eigenvalue weighted by Crippen LogP contribution is 2.24. The van der Waals surface area contributed by atoms with Gasteiger partial charge in [0.25, 0.3) is 0 Å². The van der Waals surface area contributed by atoms with Crippen molar-refractivity contribution in [1.82, 2.24) is 20.3 Å². The number of halogens is 1. The number of likely N-dealkylation sites (tertiary alicyclic amines) is 1. The van der Waals surface area contributed by atoms with E-state index in [9.17, 15) is 8.42 Å². The summed E-state index contributed by atoms with van der Waals surface area (Å²) in [5.41, 5.74) is 1.02. The molecule has 0 amide bonds. The van der Waals surface area contributed by atoms with Gasteiger partial charge in [0.15, 0.2) is 5.96 Å². The minimum absolute atomic E-state index is 0. The smallest absolute Gasteiger partial charge is 0.240 e. The third-order valence-electron chi connectivity index (χ3n) is 5.43. The van der Waals surface area contributed by atoms with Gasteiger partial charge in [-0.2, -0.15) is 0 Å². The Morgan fingerprint density at radius 1 is 1.09 bits per heavy atom. The normalized spacial score (nSPS) is 16.2. The zero-order valence-corrected chi connectivity index (χ0v) is 21.9. The summed E-state index contributed by atoms with van der Waals surface area (Å²) in [5.74, 6) is 1.57. The minimum atomic E-state index is -3.52. The average Bonchev–Trinajstić information content (AvgIpc) is 3.31. The van der Waals surface area contributed by atoms with Crippen LogP contribution in [0.25, 0.3) is 0 Å². The van der Waals surface area contributed by atoms with Crippen LogP contribution in [0.15, 0.2) is 57.0 Å². The molecule has 1 aliphatic rings. The number of piperidine rings is 1. The topological polar surface area (TPSA) is 99.0 Å². The summed E-state index contributed by atoms with van der Waals surface area (Å²) in [4.78, 5) is 6.97. The molecule has 3 rings (SSSR count). The van der Waals surface area contributed by atoms with E-state index in [-0.39, 0.29) is 41.5 Å². The number of sulfonamides is 1. The van der Waals surface area contributed by atoms with Crippen LogP contribution < -0.4 is 15.4 Å². The quantitative estimate of drug-likeness (QED) is 0.184. The molecule has 1 aliphatic heterocycles. The Hall–Kier alpha value is -1.63. The molecule has 0 spiro atoms. The van der Waals surface area contributed by atoms with E-state index in [0.717, 1.165) is 24.4 Å². The number of nitrogens with zero attached hydrogens (tertiary/aromatic N) is 2. The summed E-state index contributed by atoms with van der Waals surface area (Å²) in [5, 5.41) is 6.52. The maximum Gasteiger partial charge on any atom is 0.240 e. The highest BCUT2D eigenvalue weighted by molar-refractivity contribution is 14.0. The maximum absolute atomic E-state index is 12.4. The van der Waals surface area contributed by atoms with Crippen LogP contribution in [0.5, 0.6) is 0 Å². The van der Waals surface area contributed by atoms with Gasteiger partial charge in [-0.15, -0.1) is 24.0 Å². The molecule has 0 radical (unpaired) electrons. The number of hydrogen-bond acceptors (Lipinski definition) is 5. The lowest BCUT2D eigenvalue weighted by molar-refractivity contribution is 0.146. The van der Waals surface area contributed by atoms with Crippen molar-refractivity contribution >= 4 is 40.0 Å².